The number of nitrogens with zero attached hydrogens (tertiary/aromatic N) is 1. The maximum atomic E-state index is 12.0. The third-order valence-corrected chi connectivity index (χ3v) is 3.50. The molecule has 1 fully saturated rings. The zero-order valence-corrected chi connectivity index (χ0v) is 10.9. The quantitative estimate of drug-likeness (QED) is 0.831. The lowest BCUT2D eigenvalue weighted by molar-refractivity contribution is 0.682. The summed E-state index contributed by atoms with van der Waals surface area (Å²) < 4.78 is 1.80. The first-order valence-corrected chi connectivity index (χ1v) is 6.72. The van der Waals surface area contributed by atoms with Gasteiger partial charge in [0.25, 0.3) is 5.56 Å². The largest absolute Gasteiger partial charge is 0.310 e. The van der Waals surface area contributed by atoms with Crippen molar-refractivity contribution in [3.63, 3.8) is 0 Å². The molecule has 98 valence electrons. The summed E-state index contributed by atoms with van der Waals surface area (Å²) in [5.41, 5.74) is 2.05. The van der Waals surface area contributed by atoms with E-state index in [1.165, 1.54) is 12.8 Å². The van der Waals surface area contributed by atoms with E-state index in [-0.39, 0.29) is 5.56 Å². The zero-order chi connectivity index (χ0) is 13.2. The highest BCUT2D eigenvalue weighted by Gasteiger charge is 2.20. The average molecular weight is 254 g/mol. The molecule has 1 aromatic carbocycles. The molecule has 0 saturated heterocycles. The number of benzene rings is 1. The predicted octanol–water partition coefficient (Wildman–Crippen LogP) is 2.31. The van der Waals surface area contributed by atoms with E-state index in [0.29, 0.717) is 12.6 Å². The minimum Gasteiger partial charge on any atom is -0.310 e. The van der Waals surface area contributed by atoms with Crippen LogP contribution in [0.5, 0.6) is 0 Å². The molecular formula is C16H18N2O. The molecule has 0 bridgehead atoms. The van der Waals surface area contributed by atoms with Gasteiger partial charge in [-0.05, 0) is 35.9 Å². The topological polar surface area (TPSA) is 34.0 Å². The third kappa shape index (κ3) is 2.76. The number of aromatic nitrogens is 1. The van der Waals surface area contributed by atoms with Gasteiger partial charge < -0.3 is 9.88 Å². The number of fused-ring (bicyclic) bond motifs is 1. The van der Waals surface area contributed by atoms with Gasteiger partial charge in [-0.1, -0.05) is 24.8 Å². The first-order valence-electron chi connectivity index (χ1n) is 6.72. The third-order valence-electron chi connectivity index (χ3n) is 3.50. The first-order chi connectivity index (χ1) is 9.24. The maximum absolute atomic E-state index is 12.0. The Morgan fingerprint density at radius 1 is 1.26 bits per heavy atom. The summed E-state index contributed by atoms with van der Waals surface area (Å²) in [6.45, 7) is 5.45. The van der Waals surface area contributed by atoms with Crippen LogP contribution in [-0.2, 0) is 6.54 Å². The Bertz CT molecular complexity index is 668. The SMILES string of the molecule is C=C(CNC1CC1)Cn1c(=O)ccc2ccccc21. The van der Waals surface area contributed by atoms with Crippen LogP contribution in [-0.4, -0.2) is 17.2 Å². The fourth-order valence-corrected chi connectivity index (χ4v) is 2.26. The molecule has 1 aliphatic carbocycles. The van der Waals surface area contributed by atoms with Crippen molar-refractivity contribution in [2.45, 2.75) is 25.4 Å². The van der Waals surface area contributed by atoms with Crippen LogP contribution in [0, 0.1) is 0 Å². The summed E-state index contributed by atoms with van der Waals surface area (Å²) in [5, 5.41) is 4.52. The van der Waals surface area contributed by atoms with Crippen molar-refractivity contribution >= 4 is 10.9 Å². The lowest BCUT2D eigenvalue weighted by Crippen LogP contribution is -2.25. The molecule has 2 aromatic rings. The maximum Gasteiger partial charge on any atom is 0.251 e. The fourth-order valence-electron chi connectivity index (χ4n) is 2.26. The number of hydrogen-bond donors (Lipinski definition) is 1. The van der Waals surface area contributed by atoms with Gasteiger partial charge in [0.05, 0.1) is 5.52 Å². The van der Waals surface area contributed by atoms with E-state index in [1.807, 2.05) is 30.3 Å². The standard InChI is InChI=1S/C16H18N2O/c1-12(10-17-14-7-8-14)11-18-15-5-3-2-4-13(15)6-9-16(18)19/h2-6,9,14,17H,1,7-8,10-11H2. The molecule has 0 spiro atoms. The average Bonchev–Trinajstić information content (AvgIpc) is 3.24. The summed E-state index contributed by atoms with van der Waals surface area (Å²) in [5.74, 6) is 0. The van der Waals surface area contributed by atoms with Gasteiger partial charge in [0.15, 0.2) is 0 Å². The monoisotopic (exact) mass is 254 g/mol. The van der Waals surface area contributed by atoms with Crippen molar-refractivity contribution in [3.05, 3.63) is 58.9 Å². The smallest absolute Gasteiger partial charge is 0.251 e. The second-order valence-corrected chi connectivity index (χ2v) is 5.22. The van der Waals surface area contributed by atoms with Crippen molar-refractivity contribution in [2.75, 3.05) is 6.54 Å². The van der Waals surface area contributed by atoms with Gasteiger partial charge in [0.1, 0.15) is 0 Å². The molecule has 1 heterocycles. The van der Waals surface area contributed by atoms with E-state index in [2.05, 4.69) is 11.9 Å². The van der Waals surface area contributed by atoms with Gasteiger partial charge in [-0.15, -0.1) is 0 Å². The van der Waals surface area contributed by atoms with Crippen molar-refractivity contribution in [3.8, 4) is 0 Å². The molecule has 1 saturated carbocycles. The first kappa shape index (κ1) is 12.2. The van der Waals surface area contributed by atoms with E-state index >= 15 is 0 Å². The molecule has 3 heteroatoms. The zero-order valence-electron chi connectivity index (χ0n) is 10.9. The molecule has 19 heavy (non-hydrogen) atoms. The number of pyridine rings is 1. The second-order valence-electron chi connectivity index (χ2n) is 5.22. The van der Waals surface area contributed by atoms with Crippen molar-refractivity contribution in [2.24, 2.45) is 0 Å². The van der Waals surface area contributed by atoms with Crippen molar-refractivity contribution in [1.29, 1.82) is 0 Å². The molecule has 3 rings (SSSR count). The molecule has 0 amide bonds. The van der Waals surface area contributed by atoms with Gasteiger partial charge >= 0.3 is 0 Å². The van der Waals surface area contributed by atoms with E-state index in [4.69, 9.17) is 0 Å². The highest BCUT2D eigenvalue weighted by atomic mass is 16.1. The number of hydrogen-bond acceptors (Lipinski definition) is 2. The van der Waals surface area contributed by atoms with E-state index < -0.39 is 0 Å². The van der Waals surface area contributed by atoms with Crippen molar-refractivity contribution in [1.82, 2.24) is 9.88 Å². The summed E-state index contributed by atoms with van der Waals surface area (Å²) in [6.07, 6.45) is 2.53. The minimum absolute atomic E-state index is 0.0336. The van der Waals surface area contributed by atoms with Crippen molar-refractivity contribution < 1.29 is 0 Å². The molecule has 3 nitrogen and oxygen atoms in total. The van der Waals surface area contributed by atoms with Crippen LogP contribution >= 0.6 is 0 Å². The van der Waals surface area contributed by atoms with Gasteiger partial charge in [-0.2, -0.15) is 0 Å². The Hall–Kier alpha value is -1.87. The normalized spacial score (nSPS) is 14.7. The number of nitrogens with one attached hydrogen (secondary N) is 1. The van der Waals surface area contributed by atoms with E-state index in [9.17, 15) is 4.79 Å². The lowest BCUT2D eigenvalue weighted by atomic mass is 10.2. The Morgan fingerprint density at radius 3 is 2.84 bits per heavy atom. The highest BCUT2D eigenvalue weighted by Crippen LogP contribution is 2.19. The second kappa shape index (κ2) is 5.02. The summed E-state index contributed by atoms with van der Waals surface area (Å²) in [7, 11) is 0. The molecule has 0 atom stereocenters. The minimum atomic E-state index is 0.0336. The Balaban J connectivity index is 1.84. The summed E-state index contributed by atoms with van der Waals surface area (Å²) in [6, 6.07) is 12.1. The Kier molecular flexibility index (Phi) is 3.22. The van der Waals surface area contributed by atoms with Gasteiger partial charge in [-0.3, -0.25) is 4.79 Å². The molecule has 0 aliphatic heterocycles. The van der Waals surface area contributed by atoms with Crippen LogP contribution in [0.1, 0.15) is 12.8 Å². The number of rotatable bonds is 5. The van der Waals surface area contributed by atoms with Gasteiger partial charge in [0, 0.05) is 25.2 Å². The predicted molar refractivity (Wildman–Crippen MR) is 78.4 cm³/mol. The van der Waals surface area contributed by atoms with Gasteiger partial charge in [0.2, 0.25) is 0 Å². The van der Waals surface area contributed by atoms with Crippen LogP contribution in [0.25, 0.3) is 10.9 Å². The molecular weight excluding hydrogens is 236 g/mol. The van der Waals surface area contributed by atoms with E-state index in [0.717, 1.165) is 23.0 Å². The molecule has 1 aromatic heterocycles. The van der Waals surface area contributed by atoms with Crippen LogP contribution in [0.15, 0.2) is 53.3 Å². The van der Waals surface area contributed by atoms with Crippen LogP contribution in [0.3, 0.4) is 0 Å². The van der Waals surface area contributed by atoms with Crippen LogP contribution in [0.4, 0.5) is 0 Å². The fraction of sp³-hybridized carbons (Fsp3) is 0.312. The lowest BCUT2D eigenvalue weighted by Gasteiger charge is -2.12. The molecule has 1 aliphatic rings. The Labute approximate surface area is 112 Å². The highest BCUT2D eigenvalue weighted by molar-refractivity contribution is 5.78. The summed E-state index contributed by atoms with van der Waals surface area (Å²) in [4.78, 5) is 12.0. The van der Waals surface area contributed by atoms with Crippen LogP contribution < -0.4 is 10.9 Å². The van der Waals surface area contributed by atoms with Crippen LogP contribution in [0.2, 0.25) is 0 Å². The molecule has 0 unspecified atom stereocenters. The van der Waals surface area contributed by atoms with Gasteiger partial charge in [-0.25, -0.2) is 0 Å². The van der Waals surface area contributed by atoms with E-state index in [1.54, 1.807) is 10.6 Å². The summed E-state index contributed by atoms with van der Waals surface area (Å²) >= 11 is 0. The molecule has 0 radical (unpaired) electrons. The Morgan fingerprint density at radius 2 is 2.05 bits per heavy atom. The number of para-hydroxylation sites is 1. The molecule has 1 N–H and O–H groups in total.